The summed E-state index contributed by atoms with van der Waals surface area (Å²) >= 11 is 15.9. The summed E-state index contributed by atoms with van der Waals surface area (Å²) in [6, 6.07) is 17.8. The Hall–Kier alpha value is -2.54. The minimum absolute atomic E-state index is 0.173. The van der Waals surface area contributed by atoms with Gasteiger partial charge in [0.15, 0.2) is 6.61 Å². The van der Waals surface area contributed by atoms with Crippen LogP contribution in [-0.2, 0) is 22.6 Å². The van der Waals surface area contributed by atoms with E-state index >= 15 is 0 Å². The molecule has 3 aromatic rings. The number of benzene rings is 3. The first-order valence-corrected chi connectivity index (χ1v) is 13.2. The smallest absolute Gasteiger partial charge is 0.261 e. The van der Waals surface area contributed by atoms with Gasteiger partial charge in [-0.1, -0.05) is 75.5 Å². The van der Waals surface area contributed by atoms with E-state index in [2.05, 4.69) is 21.2 Å². The van der Waals surface area contributed by atoms with Crippen molar-refractivity contribution < 1.29 is 14.3 Å². The van der Waals surface area contributed by atoms with Crippen LogP contribution in [0.1, 0.15) is 29.2 Å². The summed E-state index contributed by atoms with van der Waals surface area (Å²) in [5.74, 6) is 0.0465. The van der Waals surface area contributed by atoms with Crippen molar-refractivity contribution in [2.24, 2.45) is 0 Å². The average Bonchev–Trinajstić information content (AvgIpc) is 2.86. The van der Waals surface area contributed by atoms with Crippen molar-refractivity contribution in [1.82, 2.24) is 10.2 Å². The predicted octanol–water partition coefficient (Wildman–Crippen LogP) is 6.53. The van der Waals surface area contributed by atoms with Crippen LogP contribution in [0.3, 0.4) is 0 Å². The third-order valence-corrected chi connectivity index (χ3v) is 7.72. The molecule has 0 bridgehead atoms. The van der Waals surface area contributed by atoms with Gasteiger partial charge in [-0.2, -0.15) is 0 Å². The molecule has 0 aliphatic carbocycles. The molecule has 190 valence electrons. The van der Waals surface area contributed by atoms with Crippen molar-refractivity contribution in [3.8, 4) is 5.75 Å². The quantitative estimate of drug-likeness (QED) is 0.292. The molecule has 3 aromatic carbocycles. The number of rotatable bonds is 10. The van der Waals surface area contributed by atoms with Crippen LogP contribution in [0.2, 0.25) is 10.0 Å². The Bertz CT molecular complexity index is 1200. The fourth-order valence-corrected chi connectivity index (χ4v) is 4.45. The van der Waals surface area contributed by atoms with Crippen LogP contribution < -0.4 is 10.1 Å². The van der Waals surface area contributed by atoms with Crippen LogP contribution in [0.4, 0.5) is 0 Å². The number of hydrogen-bond donors (Lipinski definition) is 1. The molecule has 0 heterocycles. The van der Waals surface area contributed by atoms with Gasteiger partial charge in [0.1, 0.15) is 11.8 Å². The number of nitrogens with zero attached hydrogens (tertiary/aromatic N) is 1. The van der Waals surface area contributed by atoms with E-state index in [4.69, 9.17) is 27.9 Å². The number of hydrogen-bond acceptors (Lipinski definition) is 3. The first kappa shape index (κ1) is 28.0. The van der Waals surface area contributed by atoms with E-state index in [9.17, 15) is 9.59 Å². The first-order chi connectivity index (χ1) is 17.2. The molecule has 5 nitrogen and oxygen atoms in total. The number of carbonyl (C=O) groups is 2. The molecule has 1 atom stereocenters. The van der Waals surface area contributed by atoms with Gasteiger partial charge in [-0.3, -0.25) is 9.59 Å². The average molecular weight is 592 g/mol. The topological polar surface area (TPSA) is 58.6 Å². The van der Waals surface area contributed by atoms with Gasteiger partial charge in [0.2, 0.25) is 5.91 Å². The Morgan fingerprint density at radius 1 is 0.972 bits per heavy atom. The third kappa shape index (κ3) is 7.48. The minimum Gasteiger partial charge on any atom is -0.484 e. The number of ether oxygens (including phenoxy) is 1. The number of nitrogens with one attached hydrogen (secondary N) is 1. The van der Waals surface area contributed by atoms with Gasteiger partial charge in [-0.25, -0.2) is 0 Å². The number of halogens is 3. The largest absolute Gasteiger partial charge is 0.484 e. The van der Waals surface area contributed by atoms with Gasteiger partial charge in [-0.15, -0.1) is 0 Å². The molecule has 0 aliphatic rings. The molecule has 0 fully saturated rings. The van der Waals surface area contributed by atoms with Crippen molar-refractivity contribution in [3.63, 3.8) is 0 Å². The lowest BCUT2D eigenvalue weighted by atomic mass is 10.0. The van der Waals surface area contributed by atoms with Gasteiger partial charge in [0.05, 0.1) is 10.0 Å². The summed E-state index contributed by atoms with van der Waals surface area (Å²) in [5.41, 5.74) is 3.72. The molecule has 0 saturated heterocycles. The SMILES string of the molecule is CCNC(=O)[C@H](Cc1ccccc1)N(Cc1ccc(Cl)c(Cl)c1)C(=O)COc1cc(C)c(Br)c(C)c1. The number of amides is 2. The molecule has 2 amide bonds. The van der Waals surface area contributed by atoms with E-state index in [1.807, 2.05) is 63.2 Å². The Morgan fingerprint density at radius 3 is 2.25 bits per heavy atom. The van der Waals surface area contributed by atoms with E-state index in [1.165, 1.54) is 0 Å². The maximum atomic E-state index is 13.6. The number of aryl methyl sites for hydroxylation is 2. The highest BCUT2D eigenvalue weighted by Gasteiger charge is 2.30. The summed E-state index contributed by atoms with van der Waals surface area (Å²) < 4.78 is 6.90. The summed E-state index contributed by atoms with van der Waals surface area (Å²) in [6.45, 7) is 6.19. The second-order valence-corrected chi connectivity index (χ2v) is 10.1. The van der Waals surface area contributed by atoms with Crippen molar-refractivity contribution in [2.45, 2.75) is 39.8 Å². The van der Waals surface area contributed by atoms with E-state index in [0.29, 0.717) is 28.8 Å². The Balaban J connectivity index is 1.92. The van der Waals surface area contributed by atoms with E-state index in [0.717, 1.165) is 26.7 Å². The highest BCUT2D eigenvalue weighted by molar-refractivity contribution is 9.10. The van der Waals surface area contributed by atoms with Crippen LogP contribution in [-0.4, -0.2) is 35.9 Å². The Kier molecular flexibility index (Phi) is 10.2. The monoisotopic (exact) mass is 590 g/mol. The summed E-state index contributed by atoms with van der Waals surface area (Å²) in [7, 11) is 0. The molecular formula is C28H29BrCl2N2O3. The van der Waals surface area contributed by atoms with E-state index in [1.54, 1.807) is 23.1 Å². The lowest BCUT2D eigenvalue weighted by Gasteiger charge is -2.31. The molecule has 8 heteroatoms. The lowest BCUT2D eigenvalue weighted by Crippen LogP contribution is -2.51. The summed E-state index contributed by atoms with van der Waals surface area (Å²) in [6.07, 6.45) is 0.357. The molecule has 3 rings (SSSR count). The second kappa shape index (κ2) is 13.1. The molecule has 0 spiro atoms. The zero-order valence-electron chi connectivity index (χ0n) is 20.5. The summed E-state index contributed by atoms with van der Waals surface area (Å²) in [5, 5.41) is 3.69. The fourth-order valence-electron chi connectivity index (χ4n) is 3.90. The lowest BCUT2D eigenvalue weighted by molar-refractivity contribution is -0.142. The molecular weight excluding hydrogens is 563 g/mol. The van der Waals surface area contributed by atoms with Crippen molar-refractivity contribution in [3.05, 3.63) is 97.4 Å². The molecule has 36 heavy (non-hydrogen) atoms. The van der Waals surface area contributed by atoms with Crippen molar-refractivity contribution in [2.75, 3.05) is 13.2 Å². The van der Waals surface area contributed by atoms with Gasteiger partial charge in [0.25, 0.3) is 5.91 Å². The Labute approximate surface area is 230 Å². The highest BCUT2D eigenvalue weighted by atomic mass is 79.9. The third-order valence-electron chi connectivity index (χ3n) is 5.73. The van der Waals surface area contributed by atoms with Gasteiger partial charge >= 0.3 is 0 Å². The maximum Gasteiger partial charge on any atom is 0.261 e. The normalized spacial score (nSPS) is 11.6. The van der Waals surface area contributed by atoms with Crippen LogP contribution in [0.25, 0.3) is 0 Å². The maximum absolute atomic E-state index is 13.6. The van der Waals surface area contributed by atoms with Gasteiger partial charge in [0, 0.05) is 24.0 Å². The Morgan fingerprint density at radius 2 is 1.64 bits per heavy atom. The number of likely N-dealkylation sites (N-methyl/N-ethyl adjacent to an activating group) is 1. The van der Waals surface area contributed by atoms with Crippen LogP contribution in [0.5, 0.6) is 5.75 Å². The first-order valence-electron chi connectivity index (χ1n) is 11.6. The molecule has 0 saturated carbocycles. The number of carbonyl (C=O) groups excluding carboxylic acids is 2. The van der Waals surface area contributed by atoms with E-state index in [-0.39, 0.29) is 25.0 Å². The van der Waals surface area contributed by atoms with Crippen molar-refractivity contribution >= 4 is 50.9 Å². The zero-order valence-corrected chi connectivity index (χ0v) is 23.6. The van der Waals surface area contributed by atoms with Crippen molar-refractivity contribution in [1.29, 1.82) is 0 Å². The summed E-state index contributed by atoms with van der Waals surface area (Å²) in [4.78, 5) is 28.4. The molecule has 1 N–H and O–H groups in total. The zero-order chi connectivity index (χ0) is 26.2. The second-order valence-electron chi connectivity index (χ2n) is 8.53. The minimum atomic E-state index is -0.744. The van der Waals surface area contributed by atoms with Gasteiger partial charge < -0.3 is 15.0 Å². The van der Waals surface area contributed by atoms with E-state index < -0.39 is 6.04 Å². The molecule has 0 radical (unpaired) electrons. The molecule has 0 aliphatic heterocycles. The predicted molar refractivity (Wildman–Crippen MR) is 149 cm³/mol. The standard InChI is InChI=1S/C28H29BrCl2N2O3/c1-4-32-28(35)25(15-20-8-6-5-7-9-20)33(16-21-10-11-23(30)24(31)14-21)26(34)17-36-22-12-18(2)27(29)19(3)13-22/h5-14,25H,4,15-17H2,1-3H3,(H,32,35)/t25-/m0/s1. The van der Waals surface area contributed by atoms with Crippen LogP contribution in [0, 0.1) is 13.8 Å². The molecule has 0 unspecified atom stereocenters. The highest BCUT2D eigenvalue weighted by Crippen LogP contribution is 2.27. The fraction of sp³-hybridized carbons (Fsp3) is 0.286. The van der Waals surface area contributed by atoms with Gasteiger partial charge in [-0.05, 0) is 67.3 Å². The molecule has 0 aromatic heterocycles. The van der Waals surface area contributed by atoms with Crippen LogP contribution >= 0.6 is 39.1 Å². The van der Waals surface area contributed by atoms with Crippen LogP contribution in [0.15, 0.2) is 65.1 Å².